The maximum absolute atomic E-state index is 13.6. The van der Waals surface area contributed by atoms with E-state index in [0.29, 0.717) is 76.1 Å². The van der Waals surface area contributed by atoms with Crippen LogP contribution in [0.2, 0.25) is 5.02 Å². The summed E-state index contributed by atoms with van der Waals surface area (Å²) in [5, 5.41) is 19.3. The molecule has 8 rings (SSSR count). The minimum absolute atomic E-state index is 0.0647. The first kappa shape index (κ1) is 54.0. The molecule has 1 atom stereocenters. The maximum atomic E-state index is 13.6. The number of methoxy groups -OCH3 is 1. The molecule has 0 spiro atoms. The Morgan fingerprint density at radius 1 is 0.905 bits per heavy atom. The summed E-state index contributed by atoms with van der Waals surface area (Å²) in [5.41, 5.74) is 1.38. The molecule has 18 heteroatoms. The van der Waals surface area contributed by atoms with Gasteiger partial charge in [-0.05, 0) is 79.7 Å². The van der Waals surface area contributed by atoms with Crippen LogP contribution in [0, 0.1) is 33.0 Å². The summed E-state index contributed by atoms with van der Waals surface area (Å²) < 4.78 is 18.7. The molecule has 3 amide bonds. The lowest BCUT2D eigenvalue weighted by Gasteiger charge is -2.63. The van der Waals surface area contributed by atoms with Crippen LogP contribution < -0.4 is 40.1 Å². The van der Waals surface area contributed by atoms with Crippen LogP contribution in [0.4, 0.5) is 29.1 Å². The smallest absolute Gasteiger partial charge is 0.254 e. The van der Waals surface area contributed by atoms with Gasteiger partial charge in [0.15, 0.2) is 5.82 Å². The normalized spacial score (nSPS) is 20.8. The number of hydrogen-bond donors (Lipinski definition) is 3. The number of likely N-dealkylation sites (N-methyl/N-ethyl adjacent to an activating group) is 1. The van der Waals surface area contributed by atoms with Gasteiger partial charge in [0.25, 0.3) is 11.8 Å². The molecule has 4 heterocycles. The van der Waals surface area contributed by atoms with E-state index in [2.05, 4.69) is 102 Å². The Hall–Kier alpha value is -6.25. The van der Waals surface area contributed by atoms with Gasteiger partial charge in [-0.3, -0.25) is 14.4 Å². The number of carbonyl (C=O) groups excluding carboxylic acids is 3. The van der Waals surface area contributed by atoms with Gasteiger partial charge >= 0.3 is 0 Å². The fourth-order valence-electron chi connectivity index (χ4n) is 12.3. The van der Waals surface area contributed by atoms with E-state index >= 15 is 0 Å². The summed E-state index contributed by atoms with van der Waals surface area (Å²) in [6, 6.07) is 12.2. The Morgan fingerprint density at radius 3 is 2.23 bits per heavy atom. The van der Waals surface area contributed by atoms with Gasteiger partial charge in [-0.15, -0.1) is 0 Å². The fraction of sp³-hybridized carbons (Fsp3) is 0.571. The molecule has 2 aromatic heterocycles. The van der Waals surface area contributed by atoms with Crippen LogP contribution >= 0.6 is 11.6 Å². The van der Waals surface area contributed by atoms with Crippen molar-refractivity contribution >= 4 is 58.4 Å². The first-order chi connectivity index (χ1) is 35.0. The predicted octanol–water partition coefficient (Wildman–Crippen LogP) is 9.52. The highest BCUT2D eigenvalue weighted by Gasteiger charge is 2.64. The van der Waals surface area contributed by atoms with Gasteiger partial charge in [-0.1, -0.05) is 86.8 Å². The zero-order valence-electron chi connectivity index (χ0n) is 45.0. The molecule has 3 N–H and O–H groups in total. The van der Waals surface area contributed by atoms with E-state index < -0.39 is 10.8 Å². The van der Waals surface area contributed by atoms with E-state index in [9.17, 15) is 19.6 Å². The van der Waals surface area contributed by atoms with Crippen LogP contribution in [0.15, 0.2) is 55.0 Å². The Morgan fingerprint density at radius 2 is 1.59 bits per heavy atom. The number of nitriles is 1. The van der Waals surface area contributed by atoms with Crippen LogP contribution in [0.5, 0.6) is 11.5 Å². The first-order valence-electron chi connectivity index (χ1n) is 26.1. The third-order valence-corrected chi connectivity index (χ3v) is 15.9. The third kappa shape index (κ3) is 11.4. The number of piperidine rings is 1. The SMILES string of the molecule is CC[C@@H]1C(=O)N(C)c2cnc(Nc3ccc(C(=O)NCC(C)(C)CC(C)(C)COC4CCN(c5ncc(C(=O)NC6C(C)(C)C(Oc7ccc(C#N)c(Cl)c7)C6(C)C)cn5)CC4)cc3OC)nc2N1C1CCCC1. The molecule has 74 heavy (non-hydrogen) atoms. The van der Waals surface area contributed by atoms with Crippen molar-refractivity contribution in [3.8, 4) is 17.6 Å². The molecule has 0 radical (unpaired) electrons. The quantitative estimate of drug-likeness (QED) is 0.0851. The van der Waals surface area contributed by atoms with Crippen molar-refractivity contribution in [2.45, 2.75) is 144 Å². The van der Waals surface area contributed by atoms with E-state index in [1.807, 2.05) is 6.92 Å². The maximum Gasteiger partial charge on any atom is 0.254 e. The average Bonchev–Trinajstić information content (AvgIpc) is 3.92. The second-order valence-corrected chi connectivity index (χ2v) is 23.8. The number of anilines is 5. The topological polar surface area (TPSA) is 200 Å². The molecule has 396 valence electrons. The number of nitrogens with one attached hydrogen (secondary N) is 3. The number of rotatable bonds is 18. The molecular formula is C56H74ClN11O6. The molecule has 3 fully saturated rings. The lowest BCUT2D eigenvalue weighted by Crippen LogP contribution is -2.74. The van der Waals surface area contributed by atoms with Gasteiger partial charge < -0.3 is 44.9 Å². The highest BCUT2D eigenvalue weighted by molar-refractivity contribution is 6.31. The third-order valence-electron chi connectivity index (χ3n) is 15.6. The van der Waals surface area contributed by atoms with Crippen LogP contribution in [0.3, 0.4) is 0 Å². The lowest BCUT2D eigenvalue weighted by molar-refractivity contribution is -0.164. The van der Waals surface area contributed by atoms with E-state index in [4.69, 9.17) is 30.8 Å². The van der Waals surface area contributed by atoms with E-state index in [0.717, 1.165) is 63.9 Å². The van der Waals surface area contributed by atoms with Crippen molar-refractivity contribution in [3.05, 3.63) is 76.7 Å². The molecule has 0 unspecified atom stereocenters. The summed E-state index contributed by atoms with van der Waals surface area (Å²) in [5.74, 6) is 2.40. The molecule has 17 nitrogen and oxygen atoms in total. The molecular weight excluding hydrogens is 958 g/mol. The zero-order chi connectivity index (χ0) is 53.3. The summed E-state index contributed by atoms with van der Waals surface area (Å²) in [7, 11) is 3.36. The zero-order valence-corrected chi connectivity index (χ0v) is 45.7. The molecule has 2 aliphatic heterocycles. The number of nitrogens with zero attached hydrogens (tertiary/aromatic N) is 8. The van der Waals surface area contributed by atoms with Gasteiger partial charge in [0, 0.05) is 73.6 Å². The number of carbonyl (C=O) groups is 3. The molecule has 0 bridgehead atoms. The molecule has 2 aliphatic carbocycles. The van der Waals surface area contributed by atoms with Gasteiger partial charge in [0.1, 0.15) is 35.4 Å². The average molecular weight is 1030 g/mol. The van der Waals surface area contributed by atoms with Gasteiger partial charge in [0.2, 0.25) is 17.8 Å². The van der Waals surface area contributed by atoms with Crippen molar-refractivity contribution in [1.82, 2.24) is 30.6 Å². The number of amides is 3. The highest BCUT2D eigenvalue weighted by atomic mass is 35.5. The second kappa shape index (κ2) is 21.5. The Labute approximate surface area is 441 Å². The Balaban J connectivity index is 0.781. The number of benzene rings is 2. The molecule has 2 saturated carbocycles. The first-order valence-corrected chi connectivity index (χ1v) is 26.5. The second-order valence-electron chi connectivity index (χ2n) is 23.4. The monoisotopic (exact) mass is 1030 g/mol. The van der Waals surface area contributed by atoms with Crippen LogP contribution in [-0.2, 0) is 9.53 Å². The number of hydrogen-bond acceptors (Lipinski definition) is 14. The Kier molecular flexibility index (Phi) is 15.7. The van der Waals surface area contributed by atoms with Crippen molar-refractivity contribution in [2.24, 2.45) is 21.7 Å². The van der Waals surface area contributed by atoms with E-state index in [-0.39, 0.29) is 58.9 Å². The largest absolute Gasteiger partial charge is 0.495 e. The summed E-state index contributed by atoms with van der Waals surface area (Å²) in [6.45, 7) is 21.6. The Bertz CT molecular complexity index is 2730. The van der Waals surface area contributed by atoms with Crippen molar-refractivity contribution in [3.63, 3.8) is 0 Å². The van der Waals surface area contributed by atoms with Gasteiger partial charge in [-0.25, -0.2) is 15.0 Å². The fourth-order valence-corrected chi connectivity index (χ4v) is 12.5. The number of aromatic nitrogens is 4. The lowest BCUT2D eigenvalue weighted by atomic mass is 9.49. The van der Waals surface area contributed by atoms with Gasteiger partial charge in [0.05, 0.1) is 47.9 Å². The minimum Gasteiger partial charge on any atom is -0.495 e. The van der Waals surface area contributed by atoms with Crippen molar-refractivity contribution < 1.29 is 28.6 Å². The number of ether oxygens (including phenoxy) is 3. The summed E-state index contributed by atoms with van der Waals surface area (Å²) in [4.78, 5) is 65.2. The number of halogens is 1. The van der Waals surface area contributed by atoms with Crippen LogP contribution in [-0.4, -0.2) is 108 Å². The molecule has 1 saturated heterocycles. The predicted molar refractivity (Wildman–Crippen MR) is 288 cm³/mol. The molecule has 2 aromatic carbocycles. The minimum atomic E-state index is -0.401. The van der Waals surface area contributed by atoms with Crippen molar-refractivity contribution in [1.29, 1.82) is 5.26 Å². The summed E-state index contributed by atoms with van der Waals surface area (Å²) >= 11 is 6.27. The molecule has 4 aliphatic rings. The summed E-state index contributed by atoms with van der Waals surface area (Å²) in [6.07, 6.45) is 12.2. The van der Waals surface area contributed by atoms with Crippen LogP contribution in [0.1, 0.15) is 140 Å². The molecule has 4 aromatic rings. The highest BCUT2D eigenvalue weighted by Crippen LogP contribution is 2.56. The van der Waals surface area contributed by atoms with Crippen LogP contribution in [0.25, 0.3) is 0 Å². The van der Waals surface area contributed by atoms with E-state index in [1.165, 1.54) is 0 Å². The van der Waals surface area contributed by atoms with Crippen molar-refractivity contribution in [2.75, 3.05) is 60.4 Å². The van der Waals surface area contributed by atoms with E-state index in [1.54, 1.807) is 74.0 Å². The standard InChI is InChI=1S/C56H74ClN11O6/c1-12-42-48(71)66(10)43-30-59-51(64-45(43)68(42)37-15-13-14-16-37)63-41-20-18-34(25-44(41)72-11)46(69)62-32-53(2,3)31-54(4,5)33-73-38-21-23-67(24-22-38)52-60-28-36(29-61-52)47(70)65-49-55(6,7)50(56(49,8)9)74-39-19-17-35(27-58)40(57)26-39/h17-20,25-26,28-30,37-38,42,49-50H,12-16,21-24,31-33H2,1-11H3,(H,62,69)(H,65,70)(H,59,63,64)/t42-,49?,50?/m1/s1. The van der Waals surface area contributed by atoms with Gasteiger partial charge in [-0.2, -0.15) is 10.2 Å². The number of fused-ring (bicyclic) bond motifs is 1.